The van der Waals surface area contributed by atoms with Gasteiger partial charge in [0, 0.05) is 11.1 Å². The number of rotatable bonds is 30. The van der Waals surface area contributed by atoms with Crippen LogP contribution in [0.3, 0.4) is 0 Å². The molecule has 0 aliphatic rings. The lowest BCUT2D eigenvalue weighted by Gasteiger charge is -2.05. The molecule has 0 radical (unpaired) electrons. The van der Waals surface area contributed by atoms with Crippen LogP contribution in [0.1, 0.15) is 162 Å². The smallest absolute Gasteiger partial charge is 0.348 e. The summed E-state index contributed by atoms with van der Waals surface area (Å²) in [5.41, 5.74) is 0.891. The summed E-state index contributed by atoms with van der Waals surface area (Å²) in [7, 11) is 0. The van der Waals surface area contributed by atoms with E-state index in [1.54, 1.807) is 26.0 Å². The number of unbranched alkanes of at least 4 members (excludes halogenated alkanes) is 18. The molecule has 266 valence electrons. The largest absolute Gasteiger partial charge is 0.462 e. The van der Waals surface area contributed by atoms with Gasteiger partial charge in [-0.3, -0.25) is 0 Å². The molecule has 0 fully saturated rings. The number of hydrogen-bond acceptors (Lipinski definition) is 9. The van der Waals surface area contributed by atoms with Gasteiger partial charge in [0.05, 0.1) is 26.4 Å². The predicted octanol–water partition coefficient (Wildman–Crippen LogP) is 10.1. The second-order valence-corrected chi connectivity index (χ2v) is 13.4. The minimum atomic E-state index is -0.382. The van der Waals surface area contributed by atoms with Gasteiger partial charge in [0.15, 0.2) is 0 Å². The van der Waals surface area contributed by atoms with Gasteiger partial charge in [0.2, 0.25) is 0 Å². The molecule has 1 heterocycles. The van der Waals surface area contributed by atoms with E-state index in [4.69, 9.17) is 18.9 Å². The van der Waals surface area contributed by atoms with Crippen LogP contribution in [0.4, 0.5) is 0 Å². The molecule has 0 aromatic carbocycles. The first kappa shape index (κ1) is 42.1. The highest BCUT2D eigenvalue weighted by molar-refractivity contribution is 7.15. The molecule has 0 aliphatic heterocycles. The van der Waals surface area contributed by atoms with Crippen molar-refractivity contribution in [1.82, 2.24) is 0 Å². The molecule has 0 aliphatic carbocycles. The summed E-state index contributed by atoms with van der Waals surface area (Å²) in [4.78, 5) is 48.2. The van der Waals surface area contributed by atoms with E-state index in [-0.39, 0.29) is 23.9 Å². The summed E-state index contributed by atoms with van der Waals surface area (Å²) >= 11 is 1.12. The summed E-state index contributed by atoms with van der Waals surface area (Å²) in [6.07, 6.45) is 21.9. The maximum atomic E-state index is 12.4. The lowest BCUT2D eigenvalue weighted by Crippen LogP contribution is -2.06. The van der Waals surface area contributed by atoms with E-state index < -0.39 is 0 Å². The predicted molar refractivity (Wildman–Crippen MR) is 189 cm³/mol. The Morgan fingerprint density at radius 3 is 0.936 bits per heavy atom. The minimum absolute atomic E-state index is 0.305. The van der Waals surface area contributed by atoms with Gasteiger partial charge in [-0.05, 0) is 51.7 Å². The summed E-state index contributed by atoms with van der Waals surface area (Å²) in [6, 6.07) is 3.27. The van der Waals surface area contributed by atoms with Gasteiger partial charge < -0.3 is 18.9 Å². The van der Waals surface area contributed by atoms with Gasteiger partial charge in [-0.15, -0.1) is 11.3 Å². The molecule has 8 nitrogen and oxygen atoms in total. The molecule has 0 saturated heterocycles. The maximum absolute atomic E-state index is 12.4. The van der Waals surface area contributed by atoms with Crippen LogP contribution in [0.15, 0.2) is 36.4 Å². The Morgan fingerprint density at radius 2 is 0.681 bits per heavy atom. The second kappa shape index (κ2) is 28.1. The van der Waals surface area contributed by atoms with E-state index in [9.17, 15) is 19.2 Å². The van der Waals surface area contributed by atoms with Crippen LogP contribution in [-0.4, -0.2) is 50.3 Å². The molecular formula is C38H60O8S. The fraction of sp³-hybridized carbons (Fsp3) is 0.684. The van der Waals surface area contributed by atoms with E-state index in [1.807, 2.05) is 0 Å². The van der Waals surface area contributed by atoms with Gasteiger partial charge in [-0.2, -0.15) is 0 Å². The molecule has 9 heteroatoms. The van der Waals surface area contributed by atoms with E-state index in [0.717, 1.165) is 88.4 Å². The number of ether oxygens (including phenoxy) is 4. The summed E-state index contributed by atoms with van der Waals surface area (Å²) in [6.45, 7) is 12.2. The van der Waals surface area contributed by atoms with E-state index >= 15 is 0 Å². The number of carbonyl (C=O) groups is 4. The zero-order valence-electron chi connectivity index (χ0n) is 29.2. The zero-order chi connectivity index (χ0) is 34.5. The number of hydrogen-bond donors (Lipinski definition) is 0. The summed E-state index contributed by atoms with van der Waals surface area (Å²) < 4.78 is 21.0. The molecule has 1 aromatic heterocycles. The third kappa shape index (κ3) is 23.1. The number of esters is 4. The third-order valence-corrected chi connectivity index (χ3v) is 8.76. The first-order chi connectivity index (χ1) is 22.7. The second-order valence-electron chi connectivity index (χ2n) is 12.3. The van der Waals surface area contributed by atoms with E-state index in [0.29, 0.717) is 47.3 Å². The van der Waals surface area contributed by atoms with Crippen LogP contribution >= 0.6 is 11.3 Å². The quantitative estimate of drug-likeness (QED) is 0.0343. The average Bonchev–Trinajstić information content (AvgIpc) is 3.55. The van der Waals surface area contributed by atoms with Gasteiger partial charge >= 0.3 is 23.9 Å². The van der Waals surface area contributed by atoms with Crippen molar-refractivity contribution in [3.63, 3.8) is 0 Å². The molecule has 47 heavy (non-hydrogen) atoms. The Morgan fingerprint density at radius 1 is 0.447 bits per heavy atom. The summed E-state index contributed by atoms with van der Waals surface area (Å²) in [5, 5.41) is 0. The van der Waals surface area contributed by atoms with Crippen LogP contribution in [0, 0.1) is 0 Å². The molecule has 1 aromatic rings. The van der Waals surface area contributed by atoms with Crippen molar-refractivity contribution in [2.24, 2.45) is 0 Å². The summed E-state index contributed by atoms with van der Waals surface area (Å²) in [5.74, 6) is -1.37. The Hall–Kier alpha value is -2.94. The van der Waals surface area contributed by atoms with Crippen molar-refractivity contribution in [2.45, 2.75) is 142 Å². The Labute approximate surface area is 287 Å². The van der Waals surface area contributed by atoms with Crippen LogP contribution in [0.2, 0.25) is 0 Å². The molecular weight excluding hydrogens is 616 g/mol. The maximum Gasteiger partial charge on any atom is 0.348 e. The normalized spacial score (nSPS) is 10.8. The molecule has 0 saturated carbocycles. The highest BCUT2D eigenvalue weighted by Crippen LogP contribution is 2.19. The first-order valence-electron chi connectivity index (χ1n) is 17.8. The Bertz CT molecular complexity index is 979. The van der Waals surface area contributed by atoms with Crippen molar-refractivity contribution >= 4 is 35.2 Å². The minimum Gasteiger partial charge on any atom is -0.462 e. The van der Waals surface area contributed by atoms with Gasteiger partial charge in [0.1, 0.15) is 9.75 Å². The molecule has 0 atom stereocenters. The van der Waals surface area contributed by atoms with Crippen molar-refractivity contribution in [3.05, 3.63) is 46.2 Å². The third-order valence-electron chi connectivity index (χ3n) is 7.72. The monoisotopic (exact) mass is 676 g/mol. The Kier molecular flexibility index (Phi) is 25.2. The fourth-order valence-electron chi connectivity index (χ4n) is 4.84. The highest BCUT2D eigenvalue weighted by atomic mass is 32.1. The molecule has 0 spiro atoms. The van der Waals surface area contributed by atoms with Crippen molar-refractivity contribution in [1.29, 1.82) is 0 Å². The average molecular weight is 677 g/mol. The van der Waals surface area contributed by atoms with Crippen LogP contribution in [0.5, 0.6) is 0 Å². The van der Waals surface area contributed by atoms with E-state index in [1.165, 1.54) is 51.4 Å². The standard InChI is InChI=1S/C38H60O8S/c1-31(2)35(39)43-27-21-17-13-9-5-7-11-15-19-23-29-45-37(41)33-25-26-34(47-33)38(42)46-30-24-20-16-12-8-6-10-14-18-22-28-44-36(40)32(3)4/h25-26H,1,3,5-24,27-30H2,2,4H3. The van der Waals surface area contributed by atoms with Gasteiger partial charge in [0.25, 0.3) is 0 Å². The molecule has 0 amide bonds. The first-order valence-corrected chi connectivity index (χ1v) is 18.6. The van der Waals surface area contributed by atoms with Crippen LogP contribution in [0.25, 0.3) is 0 Å². The van der Waals surface area contributed by atoms with Gasteiger partial charge in [-0.25, -0.2) is 19.2 Å². The molecule has 1 rings (SSSR count). The molecule has 0 unspecified atom stereocenters. The lowest BCUT2D eigenvalue weighted by molar-refractivity contribution is -0.139. The molecule has 0 bridgehead atoms. The Balaban J connectivity index is 1.93. The van der Waals surface area contributed by atoms with Gasteiger partial charge in [-0.1, -0.05) is 116 Å². The van der Waals surface area contributed by atoms with Crippen molar-refractivity contribution in [2.75, 3.05) is 26.4 Å². The lowest BCUT2D eigenvalue weighted by atomic mass is 10.1. The zero-order valence-corrected chi connectivity index (χ0v) is 30.0. The fourth-order valence-corrected chi connectivity index (χ4v) is 5.64. The topological polar surface area (TPSA) is 105 Å². The van der Waals surface area contributed by atoms with Crippen LogP contribution in [-0.2, 0) is 28.5 Å². The van der Waals surface area contributed by atoms with Crippen molar-refractivity contribution in [3.8, 4) is 0 Å². The highest BCUT2D eigenvalue weighted by Gasteiger charge is 2.16. The molecule has 0 N–H and O–H groups in total. The SMILES string of the molecule is C=C(C)C(=O)OCCCCCCCCCCCCOC(=O)c1ccc(C(=O)OCCCCCCCCCCCCOC(=O)C(=C)C)s1. The van der Waals surface area contributed by atoms with Crippen LogP contribution < -0.4 is 0 Å². The van der Waals surface area contributed by atoms with Crippen molar-refractivity contribution < 1.29 is 38.1 Å². The number of thiophene rings is 1. The van der Waals surface area contributed by atoms with E-state index in [2.05, 4.69) is 13.2 Å². The number of carbonyl (C=O) groups excluding carboxylic acids is 4.